The zero-order chi connectivity index (χ0) is 7.84. The minimum Gasteiger partial charge on any atom is -0.290 e. The van der Waals surface area contributed by atoms with E-state index in [-0.39, 0.29) is 5.75 Å². The Hall–Kier alpha value is -1.05. The summed E-state index contributed by atoms with van der Waals surface area (Å²) in [6.07, 6.45) is 2.20. The van der Waals surface area contributed by atoms with Gasteiger partial charge in [0, 0.05) is 6.07 Å². The van der Waals surface area contributed by atoms with E-state index in [1.807, 2.05) is 0 Å². The Morgan fingerprint density at radius 2 is 2.00 bits per heavy atom. The Kier molecular flexibility index (Phi) is 1.34. The van der Waals surface area contributed by atoms with E-state index in [2.05, 4.69) is 0 Å². The highest BCUT2D eigenvalue weighted by Crippen LogP contribution is 2.41. The van der Waals surface area contributed by atoms with Crippen LogP contribution in [0.4, 0.5) is 4.39 Å². The van der Waals surface area contributed by atoms with E-state index in [0.29, 0.717) is 5.92 Å². The number of rotatable bonds is 1. The molecule has 11 heavy (non-hydrogen) atoms. The first-order valence-corrected chi connectivity index (χ1v) is 3.73. The first-order valence-electron chi connectivity index (χ1n) is 3.73. The molecule has 1 nitrogen and oxygen atoms in total. The molecule has 0 amide bonds. The fraction of sp³-hybridized carbons (Fsp3) is 0.333. The van der Waals surface area contributed by atoms with Crippen LogP contribution in [0.15, 0.2) is 18.2 Å². The van der Waals surface area contributed by atoms with E-state index < -0.39 is 5.82 Å². The van der Waals surface area contributed by atoms with Gasteiger partial charge < -0.3 is 0 Å². The van der Waals surface area contributed by atoms with Gasteiger partial charge in [-0.25, -0.2) is 4.39 Å². The van der Waals surface area contributed by atoms with Gasteiger partial charge in [0.2, 0.25) is 0 Å². The molecule has 0 bridgehead atoms. The quantitative estimate of drug-likeness (QED) is 0.588. The first-order chi connectivity index (χ1) is 5.25. The first kappa shape index (κ1) is 6.65. The van der Waals surface area contributed by atoms with Gasteiger partial charge in [-0.15, -0.1) is 0 Å². The molecule has 0 unspecified atom stereocenters. The topological polar surface area (TPSA) is 19.9 Å². The normalized spacial score (nSPS) is 16.8. The maximum Gasteiger partial charge on any atom is 0.181 e. The van der Waals surface area contributed by atoms with Crippen molar-refractivity contribution in [3.8, 4) is 5.75 Å². The summed E-state index contributed by atoms with van der Waals surface area (Å²) in [4.78, 5) is 0. The minimum absolute atomic E-state index is 0.216. The maximum atomic E-state index is 12.6. The summed E-state index contributed by atoms with van der Waals surface area (Å²) in [5, 5.41) is 10.8. The van der Waals surface area contributed by atoms with Gasteiger partial charge in [-0.05, 0) is 36.5 Å². The van der Waals surface area contributed by atoms with E-state index in [4.69, 9.17) is 0 Å². The minimum atomic E-state index is -0.403. The van der Waals surface area contributed by atoms with Gasteiger partial charge >= 0.3 is 0 Å². The predicted octanol–water partition coefficient (Wildman–Crippen LogP) is 2.85. The van der Waals surface area contributed by atoms with Crippen molar-refractivity contribution < 1.29 is 9.50 Å². The van der Waals surface area contributed by atoms with Crippen LogP contribution in [-0.2, 0) is 5.11 Å². The van der Waals surface area contributed by atoms with E-state index in [9.17, 15) is 9.50 Å². The molecule has 2 rings (SSSR count). The van der Waals surface area contributed by atoms with Crippen LogP contribution in [-0.4, -0.2) is 0 Å². The van der Waals surface area contributed by atoms with E-state index >= 15 is 0 Å². The van der Waals surface area contributed by atoms with Crippen molar-refractivity contribution >= 4 is 0 Å². The Morgan fingerprint density at radius 3 is 2.55 bits per heavy atom. The second-order valence-corrected chi connectivity index (χ2v) is 2.99. The molecule has 2 heteroatoms. The third kappa shape index (κ3) is 1.34. The van der Waals surface area contributed by atoms with Crippen LogP contribution in [0.3, 0.4) is 0 Å². The van der Waals surface area contributed by atoms with E-state index in [1.54, 1.807) is 0 Å². The summed E-state index contributed by atoms with van der Waals surface area (Å²) in [6.45, 7) is 0. The highest BCUT2D eigenvalue weighted by molar-refractivity contribution is 5.32. The highest BCUT2D eigenvalue weighted by atomic mass is 19.1. The average Bonchev–Trinajstić information content (AvgIpc) is 2.64. The number of halogens is 1. The second kappa shape index (κ2) is 2.22. The predicted molar refractivity (Wildman–Crippen MR) is 38.5 cm³/mol. The SMILES string of the molecule is [O]c1cc(F)cc(C2CC2)c1. The molecule has 1 saturated carbocycles. The molecule has 0 aliphatic heterocycles. The Bertz CT molecular complexity index is 259. The molecule has 0 saturated heterocycles. The van der Waals surface area contributed by atoms with Gasteiger partial charge in [0.15, 0.2) is 5.75 Å². The lowest BCUT2D eigenvalue weighted by molar-refractivity contribution is 0.351. The molecule has 1 aromatic carbocycles. The summed E-state index contributed by atoms with van der Waals surface area (Å²) in [7, 11) is 0. The van der Waals surface area contributed by atoms with Gasteiger partial charge in [-0.3, -0.25) is 5.11 Å². The molecular formula is C9H8FO. The van der Waals surface area contributed by atoms with Crippen LogP contribution in [0.5, 0.6) is 5.75 Å². The van der Waals surface area contributed by atoms with Crippen molar-refractivity contribution in [2.75, 3.05) is 0 Å². The second-order valence-electron chi connectivity index (χ2n) is 2.99. The van der Waals surface area contributed by atoms with Crippen molar-refractivity contribution in [3.05, 3.63) is 29.6 Å². The van der Waals surface area contributed by atoms with E-state index in [0.717, 1.165) is 24.5 Å². The molecular weight excluding hydrogens is 143 g/mol. The molecule has 0 N–H and O–H groups in total. The summed E-state index contributed by atoms with van der Waals surface area (Å²) >= 11 is 0. The lowest BCUT2D eigenvalue weighted by Gasteiger charge is -1.96. The molecule has 1 aromatic rings. The van der Waals surface area contributed by atoms with Gasteiger partial charge in [-0.2, -0.15) is 0 Å². The largest absolute Gasteiger partial charge is 0.290 e. The van der Waals surface area contributed by atoms with Crippen molar-refractivity contribution in [1.82, 2.24) is 0 Å². The molecule has 1 aliphatic carbocycles. The molecule has 0 aromatic heterocycles. The van der Waals surface area contributed by atoms with Crippen LogP contribution >= 0.6 is 0 Å². The zero-order valence-electron chi connectivity index (χ0n) is 6.01. The smallest absolute Gasteiger partial charge is 0.181 e. The van der Waals surface area contributed by atoms with Crippen LogP contribution in [0.2, 0.25) is 0 Å². The third-order valence-corrected chi connectivity index (χ3v) is 1.94. The van der Waals surface area contributed by atoms with Crippen molar-refractivity contribution in [1.29, 1.82) is 0 Å². The van der Waals surface area contributed by atoms with Gasteiger partial charge in [0.1, 0.15) is 5.82 Å². The summed E-state index contributed by atoms with van der Waals surface area (Å²) < 4.78 is 12.6. The van der Waals surface area contributed by atoms with Crippen LogP contribution in [0.25, 0.3) is 0 Å². The molecule has 1 fully saturated rings. The Balaban J connectivity index is 2.39. The monoisotopic (exact) mass is 151 g/mol. The zero-order valence-corrected chi connectivity index (χ0v) is 6.01. The summed E-state index contributed by atoms with van der Waals surface area (Å²) in [5.74, 6) is -0.162. The fourth-order valence-corrected chi connectivity index (χ4v) is 1.24. The van der Waals surface area contributed by atoms with Crippen LogP contribution in [0, 0.1) is 5.82 Å². The van der Waals surface area contributed by atoms with Gasteiger partial charge in [0.05, 0.1) is 0 Å². The molecule has 0 heterocycles. The van der Waals surface area contributed by atoms with Gasteiger partial charge in [-0.1, -0.05) is 0 Å². The number of benzene rings is 1. The Morgan fingerprint density at radius 1 is 1.27 bits per heavy atom. The standard InChI is InChI=1S/C9H8FO/c10-8-3-7(6-1-2-6)4-9(11)5-8/h3-6H,1-2H2. The highest BCUT2D eigenvalue weighted by Gasteiger charge is 2.24. The molecule has 57 valence electrons. The van der Waals surface area contributed by atoms with Crippen LogP contribution < -0.4 is 0 Å². The number of hydrogen-bond donors (Lipinski definition) is 0. The van der Waals surface area contributed by atoms with Crippen molar-refractivity contribution in [3.63, 3.8) is 0 Å². The maximum absolute atomic E-state index is 12.6. The fourth-order valence-electron chi connectivity index (χ4n) is 1.24. The molecule has 1 aliphatic rings. The van der Waals surface area contributed by atoms with Gasteiger partial charge in [0.25, 0.3) is 0 Å². The van der Waals surface area contributed by atoms with Crippen LogP contribution in [0.1, 0.15) is 24.3 Å². The molecule has 0 spiro atoms. The molecule has 0 atom stereocenters. The average molecular weight is 151 g/mol. The summed E-state index contributed by atoms with van der Waals surface area (Å²) in [5.41, 5.74) is 0.870. The van der Waals surface area contributed by atoms with Crippen molar-refractivity contribution in [2.45, 2.75) is 18.8 Å². The third-order valence-electron chi connectivity index (χ3n) is 1.94. The summed E-state index contributed by atoms with van der Waals surface area (Å²) in [6, 6.07) is 4.01. The van der Waals surface area contributed by atoms with Crippen molar-refractivity contribution in [2.24, 2.45) is 0 Å². The lowest BCUT2D eigenvalue weighted by Crippen LogP contribution is -1.80. The Labute approximate surface area is 64.5 Å². The lowest BCUT2D eigenvalue weighted by atomic mass is 10.1. The molecule has 1 radical (unpaired) electrons. The number of hydrogen-bond acceptors (Lipinski definition) is 0. The van der Waals surface area contributed by atoms with E-state index in [1.165, 1.54) is 12.1 Å².